The molecule has 0 spiro atoms. The Morgan fingerprint density at radius 1 is 1.39 bits per heavy atom. The van der Waals surface area contributed by atoms with E-state index in [1.807, 2.05) is 36.1 Å². The van der Waals surface area contributed by atoms with E-state index in [0.29, 0.717) is 0 Å². The number of nitrogens with zero attached hydrogens (tertiary/aromatic N) is 1. The van der Waals surface area contributed by atoms with Gasteiger partial charge in [0.05, 0.1) is 13.2 Å². The van der Waals surface area contributed by atoms with E-state index < -0.39 is 0 Å². The van der Waals surface area contributed by atoms with Gasteiger partial charge < -0.3 is 15.0 Å². The Balaban J connectivity index is 2.13. The van der Waals surface area contributed by atoms with E-state index in [2.05, 4.69) is 5.32 Å². The van der Waals surface area contributed by atoms with E-state index in [1.54, 1.807) is 7.11 Å². The van der Waals surface area contributed by atoms with Gasteiger partial charge in [0.1, 0.15) is 5.75 Å². The molecular formula is C14H20N2O2. The highest BCUT2D eigenvalue weighted by molar-refractivity contribution is 5.97. The number of piperidine rings is 1. The highest BCUT2D eigenvalue weighted by Gasteiger charge is 2.28. The minimum absolute atomic E-state index is 0.0362. The van der Waals surface area contributed by atoms with Crippen molar-refractivity contribution in [3.05, 3.63) is 24.3 Å². The fourth-order valence-corrected chi connectivity index (χ4v) is 2.33. The van der Waals surface area contributed by atoms with Crippen LogP contribution in [0.2, 0.25) is 0 Å². The van der Waals surface area contributed by atoms with Crippen LogP contribution in [0.25, 0.3) is 0 Å². The monoisotopic (exact) mass is 248 g/mol. The number of methoxy groups -OCH3 is 1. The standard InChI is InChI=1S/C14H20N2O2/c1-3-15-13-5-4-10-16(14(13)17)11-6-8-12(18-2)9-7-11/h6-9,13,15H,3-5,10H2,1-2H3. The van der Waals surface area contributed by atoms with Gasteiger partial charge in [0.15, 0.2) is 0 Å². The van der Waals surface area contributed by atoms with Crippen molar-refractivity contribution < 1.29 is 9.53 Å². The topological polar surface area (TPSA) is 41.6 Å². The first kappa shape index (κ1) is 12.9. The second-order valence-electron chi connectivity index (χ2n) is 4.44. The summed E-state index contributed by atoms with van der Waals surface area (Å²) in [5.41, 5.74) is 0.948. The summed E-state index contributed by atoms with van der Waals surface area (Å²) in [6.07, 6.45) is 1.97. The molecule has 0 bridgehead atoms. The third-order valence-corrected chi connectivity index (χ3v) is 3.27. The summed E-state index contributed by atoms with van der Waals surface area (Å²) in [7, 11) is 1.64. The molecule has 1 fully saturated rings. The van der Waals surface area contributed by atoms with Gasteiger partial charge in [-0.2, -0.15) is 0 Å². The molecule has 0 saturated carbocycles. The molecule has 0 aliphatic carbocycles. The summed E-state index contributed by atoms with van der Waals surface area (Å²) in [4.78, 5) is 14.2. The lowest BCUT2D eigenvalue weighted by Crippen LogP contribution is -2.50. The Kier molecular flexibility index (Phi) is 4.20. The maximum atomic E-state index is 12.3. The van der Waals surface area contributed by atoms with Crippen molar-refractivity contribution in [3.63, 3.8) is 0 Å². The molecule has 18 heavy (non-hydrogen) atoms. The molecule has 1 amide bonds. The fraction of sp³-hybridized carbons (Fsp3) is 0.500. The fourth-order valence-electron chi connectivity index (χ4n) is 2.33. The molecule has 1 unspecified atom stereocenters. The van der Waals surface area contributed by atoms with Crippen molar-refractivity contribution in [1.29, 1.82) is 0 Å². The molecule has 4 nitrogen and oxygen atoms in total. The van der Waals surface area contributed by atoms with Gasteiger partial charge in [-0.3, -0.25) is 4.79 Å². The van der Waals surface area contributed by atoms with E-state index >= 15 is 0 Å². The predicted molar refractivity (Wildman–Crippen MR) is 72.0 cm³/mol. The number of nitrogens with one attached hydrogen (secondary N) is 1. The van der Waals surface area contributed by atoms with Crippen molar-refractivity contribution >= 4 is 11.6 Å². The molecule has 1 aliphatic heterocycles. The summed E-state index contributed by atoms with van der Waals surface area (Å²) < 4.78 is 5.13. The molecule has 0 aromatic heterocycles. The second-order valence-corrected chi connectivity index (χ2v) is 4.44. The van der Waals surface area contributed by atoms with E-state index in [0.717, 1.165) is 37.4 Å². The van der Waals surface area contributed by atoms with E-state index in [4.69, 9.17) is 4.74 Å². The van der Waals surface area contributed by atoms with Crippen LogP contribution in [0.15, 0.2) is 24.3 Å². The predicted octanol–water partition coefficient (Wildman–Crippen LogP) is 1.80. The van der Waals surface area contributed by atoms with Gasteiger partial charge in [-0.25, -0.2) is 0 Å². The number of hydrogen-bond acceptors (Lipinski definition) is 3. The average molecular weight is 248 g/mol. The lowest BCUT2D eigenvalue weighted by molar-refractivity contribution is -0.121. The molecule has 1 aromatic carbocycles. The van der Waals surface area contributed by atoms with Crippen molar-refractivity contribution in [2.24, 2.45) is 0 Å². The number of ether oxygens (including phenoxy) is 1. The van der Waals surface area contributed by atoms with Gasteiger partial charge in [-0.05, 0) is 43.7 Å². The first-order valence-electron chi connectivity index (χ1n) is 6.45. The van der Waals surface area contributed by atoms with Gasteiger partial charge in [0.25, 0.3) is 0 Å². The molecule has 1 heterocycles. The zero-order valence-electron chi connectivity index (χ0n) is 11.0. The van der Waals surface area contributed by atoms with Gasteiger partial charge in [0.2, 0.25) is 5.91 Å². The maximum absolute atomic E-state index is 12.3. The Bertz CT molecular complexity index is 401. The van der Waals surface area contributed by atoms with Gasteiger partial charge in [-0.15, -0.1) is 0 Å². The number of benzene rings is 1. The number of amides is 1. The molecule has 2 rings (SSSR count). The van der Waals surface area contributed by atoms with Crippen LogP contribution < -0.4 is 15.0 Å². The molecule has 1 aliphatic rings. The smallest absolute Gasteiger partial charge is 0.244 e. The lowest BCUT2D eigenvalue weighted by atomic mass is 10.0. The van der Waals surface area contributed by atoms with Crippen molar-refractivity contribution in [1.82, 2.24) is 5.32 Å². The number of hydrogen-bond donors (Lipinski definition) is 1. The van der Waals surface area contributed by atoms with Crippen LogP contribution >= 0.6 is 0 Å². The molecule has 98 valence electrons. The second kappa shape index (κ2) is 5.87. The van der Waals surface area contributed by atoms with Crippen LogP contribution in [0, 0.1) is 0 Å². The maximum Gasteiger partial charge on any atom is 0.244 e. The minimum Gasteiger partial charge on any atom is -0.497 e. The molecule has 0 radical (unpaired) electrons. The quantitative estimate of drug-likeness (QED) is 0.883. The highest BCUT2D eigenvalue weighted by atomic mass is 16.5. The summed E-state index contributed by atoms with van der Waals surface area (Å²) in [5, 5.41) is 3.24. The van der Waals surface area contributed by atoms with Crippen LogP contribution in [-0.2, 0) is 4.79 Å². The number of carbonyl (C=O) groups is 1. The number of likely N-dealkylation sites (N-methyl/N-ethyl adjacent to an activating group) is 1. The molecule has 1 aromatic rings. The molecule has 1 saturated heterocycles. The zero-order chi connectivity index (χ0) is 13.0. The summed E-state index contributed by atoms with van der Waals surface area (Å²) >= 11 is 0. The van der Waals surface area contributed by atoms with Crippen molar-refractivity contribution in [2.45, 2.75) is 25.8 Å². The van der Waals surface area contributed by atoms with Crippen molar-refractivity contribution in [2.75, 3.05) is 25.1 Å². The van der Waals surface area contributed by atoms with Crippen LogP contribution in [0.1, 0.15) is 19.8 Å². The van der Waals surface area contributed by atoms with E-state index in [9.17, 15) is 4.79 Å². The Hall–Kier alpha value is -1.55. The Morgan fingerprint density at radius 3 is 2.72 bits per heavy atom. The van der Waals surface area contributed by atoms with Gasteiger partial charge >= 0.3 is 0 Å². The normalized spacial score (nSPS) is 20.0. The van der Waals surface area contributed by atoms with Crippen molar-refractivity contribution in [3.8, 4) is 5.75 Å². The zero-order valence-corrected chi connectivity index (χ0v) is 11.0. The minimum atomic E-state index is -0.0362. The van der Waals surface area contributed by atoms with E-state index in [-0.39, 0.29) is 11.9 Å². The number of anilines is 1. The molecular weight excluding hydrogens is 228 g/mol. The van der Waals surface area contributed by atoms with Crippen LogP contribution in [0.5, 0.6) is 5.75 Å². The lowest BCUT2D eigenvalue weighted by Gasteiger charge is -2.32. The molecule has 1 N–H and O–H groups in total. The molecule has 4 heteroatoms. The first-order valence-corrected chi connectivity index (χ1v) is 6.45. The van der Waals surface area contributed by atoms with Crippen LogP contribution in [-0.4, -0.2) is 32.1 Å². The number of carbonyl (C=O) groups excluding carboxylic acids is 1. The third-order valence-electron chi connectivity index (χ3n) is 3.27. The highest BCUT2D eigenvalue weighted by Crippen LogP contribution is 2.23. The summed E-state index contributed by atoms with van der Waals surface area (Å²) in [6, 6.07) is 7.61. The number of rotatable bonds is 4. The van der Waals surface area contributed by atoms with Gasteiger partial charge in [-0.1, -0.05) is 6.92 Å². The Labute approximate surface area is 108 Å². The SMILES string of the molecule is CCNC1CCCN(c2ccc(OC)cc2)C1=O. The van der Waals surface area contributed by atoms with Crippen LogP contribution in [0.3, 0.4) is 0 Å². The molecule has 1 atom stereocenters. The van der Waals surface area contributed by atoms with Gasteiger partial charge in [0, 0.05) is 12.2 Å². The largest absolute Gasteiger partial charge is 0.497 e. The third kappa shape index (κ3) is 2.64. The average Bonchev–Trinajstić information content (AvgIpc) is 2.42. The summed E-state index contributed by atoms with van der Waals surface area (Å²) in [6.45, 7) is 3.65. The summed E-state index contributed by atoms with van der Waals surface area (Å²) in [5.74, 6) is 0.986. The van der Waals surface area contributed by atoms with E-state index in [1.165, 1.54) is 0 Å². The van der Waals surface area contributed by atoms with Crippen LogP contribution in [0.4, 0.5) is 5.69 Å². The Morgan fingerprint density at radius 2 is 2.11 bits per heavy atom. The first-order chi connectivity index (χ1) is 8.76.